The van der Waals surface area contributed by atoms with Gasteiger partial charge in [0.25, 0.3) is 0 Å². The van der Waals surface area contributed by atoms with E-state index in [1.165, 1.54) is 25.7 Å². The highest BCUT2D eigenvalue weighted by atomic mass is 16.6. The molecule has 0 radical (unpaired) electrons. The molecule has 2 nitrogen and oxygen atoms in total. The second-order valence-corrected chi connectivity index (χ2v) is 4.47. The van der Waals surface area contributed by atoms with E-state index in [0.29, 0.717) is 5.92 Å². The second-order valence-electron chi connectivity index (χ2n) is 4.47. The number of ether oxygens (including phenoxy) is 1. The van der Waals surface area contributed by atoms with Crippen molar-refractivity contribution >= 4 is 0 Å². The highest BCUT2D eigenvalue weighted by Gasteiger charge is 2.39. The lowest BCUT2D eigenvalue weighted by atomic mass is 9.81. The van der Waals surface area contributed by atoms with Crippen molar-refractivity contribution in [2.24, 2.45) is 5.92 Å². The van der Waals surface area contributed by atoms with E-state index >= 15 is 0 Å². The van der Waals surface area contributed by atoms with Gasteiger partial charge in [0.2, 0.25) is 0 Å². The first kappa shape index (κ1) is 12.0. The molecule has 0 spiro atoms. The van der Waals surface area contributed by atoms with Gasteiger partial charge in [-0.15, -0.1) is 0 Å². The van der Waals surface area contributed by atoms with Crippen LogP contribution in [0.15, 0.2) is 0 Å². The predicted molar refractivity (Wildman–Crippen MR) is 58.0 cm³/mol. The molecule has 0 saturated heterocycles. The summed E-state index contributed by atoms with van der Waals surface area (Å²) in [7, 11) is 0. The lowest BCUT2D eigenvalue weighted by molar-refractivity contribution is -0.200. The largest absolute Gasteiger partial charge is 0.368 e. The van der Waals surface area contributed by atoms with Crippen LogP contribution in [0.25, 0.3) is 0 Å². The van der Waals surface area contributed by atoms with Gasteiger partial charge >= 0.3 is 0 Å². The van der Waals surface area contributed by atoms with Gasteiger partial charge in [-0.2, -0.15) is 0 Å². The molecule has 1 unspecified atom stereocenters. The predicted octanol–water partition coefficient (Wildman–Crippen LogP) is 3.09. The van der Waals surface area contributed by atoms with Crippen molar-refractivity contribution in [3.05, 3.63) is 0 Å². The first-order valence-electron chi connectivity index (χ1n) is 6.00. The quantitative estimate of drug-likeness (QED) is 0.691. The molecule has 0 aromatic heterocycles. The first-order valence-corrected chi connectivity index (χ1v) is 6.00. The van der Waals surface area contributed by atoms with Crippen LogP contribution in [0.4, 0.5) is 0 Å². The Hall–Kier alpha value is -0.0800. The highest BCUT2D eigenvalue weighted by Crippen LogP contribution is 2.41. The third-order valence-electron chi connectivity index (χ3n) is 3.70. The van der Waals surface area contributed by atoms with Gasteiger partial charge in [-0.1, -0.05) is 26.7 Å². The summed E-state index contributed by atoms with van der Waals surface area (Å²) in [6.07, 6.45) is 6.60. The van der Waals surface area contributed by atoms with Crippen molar-refractivity contribution in [2.75, 3.05) is 0 Å². The molecule has 0 amide bonds. The van der Waals surface area contributed by atoms with Crippen LogP contribution in [0.3, 0.4) is 0 Å². The summed E-state index contributed by atoms with van der Waals surface area (Å²) in [5.41, 5.74) is -0.0648. The van der Waals surface area contributed by atoms with E-state index < -0.39 is 6.29 Å². The normalized spacial score (nSPS) is 21.4. The Labute approximate surface area is 87.7 Å². The monoisotopic (exact) mass is 200 g/mol. The van der Waals surface area contributed by atoms with Gasteiger partial charge in [0.05, 0.1) is 5.60 Å². The van der Waals surface area contributed by atoms with Crippen LogP contribution in [0.2, 0.25) is 0 Å². The third-order valence-corrected chi connectivity index (χ3v) is 3.70. The maximum absolute atomic E-state index is 9.39. The van der Waals surface area contributed by atoms with Crippen LogP contribution in [-0.2, 0) is 4.74 Å². The van der Waals surface area contributed by atoms with Crippen LogP contribution < -0.4 is 0 Å². The number of hydrogen-bond donors (Lipinski definition) is 1. The molecule has 0 aliphatic heterocycles. The van der Waals surface area contributed by atoms with Crippen LogP contribution in [-0.4, -0.2) is 17.0 Å². The fourth-order valence-electron chi connectivity index (χ4n) is 2.88. The fraction of sp³-hybridized carbons (Fsp3) is 1.00. The Balaban J connectivity index is 2.67. The average molecular weight is 200 g/mol. The van der Waals surface area contributed by atoms with E-state index in [-0.39, 0.29) is 5.60 Å². The molecule has 1 aliphatic carbocycles. The van der Waals surface area contributed by atoms with Crippen molar-refractivity contribution in [3.63, 3.8) is 0 Å². The molecule has 1 atom stereocenters. The summed E-state index contributed by atoms with van der Waals surface area (Å²) in [5.74, 6) is 0.659. The van der Waals surface area contributed by atoms with Crippen molar-refractivity contribution in [2.45, 2.75) is 71.2 Å². The van der Waals surface area contributed by atoms with Crippen LogP contribution in [0, 0.1) is 5.92 Å². The number of rotatable bonds is 5. The molecule has 1 saturated carbocycles. The topological polar surface area (TPSA) is 29.5 Å². The molecule has 0 aromatic rings. The second kappa shape index (κ2) is 5.13. The molecular weight excluding hydrogens is 176 g/mol. The Morgan fingerprint density at radius 1 is 1.29 bits per heavy atom. The Morgan fingerprint density at radius 3 is 2.14 bits per heavy atom. The van der Waals surface area contributed by atoms with Crippen molar-refractivity contribution in [3.8, 4) is 0 Å². The van der Waals surface area contributed by atoms with E-state index in [4.69, 9.17) is 4.74 Å². The zero-order valence-electron chi connectivity index (χ0n) is 9.75. The first-order chi connectivity index (χ1) is 6.64. The Kier molecular flexibility index (Phi) is 4.39. The van der Waals surface area contributed by atoms with Gasteiger partial charge < -0.3 is 9.84 Å². The summed E-state index contributed by atoms with van der Waals surface area (Å²) in [6.45, 7) is 6.06. The molecule has 1 rings (SSSR count). The minimum Gasteiger partial charge on any atom is -0.368 e. The van der Waals surface area contributed by atoms with Gasteiger partial charge in [-0.05, 0) is 38.5 Å². The van der Waals surface area contributed by atoms with Crippen LogP contribution >= 0.6 is 0 Å². The van der Waals surface area contributed by atoms with Gasteiger partial charge in [0.1, 0.15) is 0 Å². The third kappa shape index (κ3) is 2.48. The lowest BCUT2D eigenvalue weighted by Gasteiger charge is -2.38. The van der Waals surface area contributed by atoms with E-state index in [9.17, 15) is 5.11 Å². The summed E-state index contributed by atoms with van der Waals surface area (Å²) >= 11 is 0. The van der Waals surface area contributed by atoms with Crippen LogP contribution in [0.5, 0.6) is 0 Å². The Bertz CT molecular complexity index is 156. The molecule has 1 aliphatic rings. The summed E-state index contributed by atoms with van der Waals surface area (Å²) in [5, 5.41) is 9.39. The van der Waals surface area contributed by atoms with E-state index in [1.54, 1.807) is 6.92 Å². The number of hydrogen-bond acceptors (Lipinski definition) is 2. The Morgan fingerprint density at radius 2 is 1.79 bits per heavy atom. The zero-order valence-corrected chi connectivity index (χ0v) is 9.75. The maximum atomic E-state index is 9.39. The minimum absolute atomic E-state index is 0.0648. The van der Waals surface area contributed by atoms with Crippen molar-refractivity contribution < 1.29 is 9.84 Å². The zero-order chi connectivity index (χ0) is 10.6. The van der Waals surface area contributed by atoms with Crippen LogP contribution in [0.1, 0.15) is 59.3 Å². The molecule has 2 heteroatoms. The molecule has 1 fully saturated rings. The van der Waals surface area contributed by atoms with E-state index in [0.717, 1.165) is 12.8 Å². The van der Waals surface area contributed by atoms with Gasteiger partial charge in [0.15, 0.2) is 6.29 Å². The van der Waals surface area contributed by atoms with Gasteiger partial charge in [-0.25, -0.2) is 0 Å². The summed E-state index contributed by atoms with van der Waals surface area (Å²) in [6, 6.07) is 0. The molecule has 84 valence electrons. The van der Waals surface area contributed by atoms with Gasteiger partial charge in [-0.3, -0.25) is 0 Å². The SMILES string of the molecule is CCC(CC)(OC(C)O)C1CCCC1. The maximum Gasteiger partial charge on any atom is 0.152 e. The average Bonchev–Trinajstić information content (AvgIpc) is 2.67. The molecular formula is C12H24O2. The minimum atomic E-state index is -0.629. The van der Waals surface area contributed by atoms with Crippen molar-refractivity contribution in [1.82, 2.24) is 0 Å². The highest BCUT2D eigenvalue weighted by molar-refractivity contribution is 4.89. The fourth-order valence-corrected chi connectivity index (χ4v) is 2.88. The molecule has 1 N–H and O–H groups in total. The summed E-state index contributed by atoms with van der Waals surface area (Å²) < 4.78 is 5.78. The van der Waals surface area contributed by atoms with Crippen molar-refractivity contribution in [1.29, 1.82) is 0 Å². The smallest absolute Gasteiger partial charge is 0.152 e. The molecule has 0 bridgehead atoms. The van der Waals surface area contributed by atoms with E-state index in [2.05, 4.69) is 13.8 Å². The molecule has 0 heterocycles. The lowest BCUT2D eigenvalue weighted by Crippen LogP contribution is -2.41. The molecule has 14 heavy (non-hydrogen) atoms. The molecule has 0 aromatic carbocycles. The standard InChI is InChI=1S/C12H24O2/c1-4-12(5-2,14-10(3)13)11-8-6-7-9-11/h10-11,13H,4-9H2,1-3H3. The van der Waals surface area contributed by atoms with Gasteiger partial charge in [0, 0.05) is 0 Å². The summed E-state index contributed by atoms with van der Waals surface area (Å²) in [4.78, 5) is 0. The number of aliphatic hydroxyl groups is 1. The number of aliphatic hydroxyl groups excluding tert-OH is 1. The van der Waals surface area contributed by atoms with E-state index in [1.807, 2.05) is 0 Å².